The van der Waals surface area contributed by atoms with Crippen LogP contribution in [0.25, 0.3) is 0 Å². The van der Waals surface area contributed by atoms with Crippen LogP contribution in [0.15, 0.2) is 24.3 Å². The topological polar surface area (TPSA) is 33.7 Å². The molecule has 1 N–H and O–H groups in total. The first kappa shape index (κ1) is 11.8. The van der Waals surface area contributed by atoms with Crippen molar-refractivity contribution in [2.45, 2.75) is 0 Å². The molecule has 0 bridgehead atoms. The van der Waals surface area contributed by atoms with Crippen LogP contribution in [0.3, 0.4) is 0 Å². The molecular formula is C11H18N2O2. The van der Waals surface area contributed by atoms with Crippen molar-refractivity contribution in [3.05, 3.63) is 24.3 Å². The van der Waals surface area contributed by atoms with Crippen molar-refractivity contribution in [3.8, 4) is 0 Å². The molecule has 0 spiro atoms. The van der Waals surface area contributed by atoms with Gasteiger partial charge in [0, 0.05) is 19.8 Å². The van der Waals surface area contributed by atoms with Gasteiger partial charge < -0.3 is 10.1 Å². The third-order valence-electron chi connectivity index (χ3n) is 2.14. The molecule has 0 fully saturated rings. The Hall–Kier alpha value is -1.26. The van der Waals surface area contributed by atoms with Crippen LogP contribution < -0.4 is 10.4 Å². The average molecular weight is 210 g/mol. The van der Waals surface area contributed by atoms with Crippen LogP contribution in [-0.2, 0) is 9.57 Å². The van der Waals surface area contributed by atoms with Gasteiger partial charge in [-0.25, -0.2) is 0 Å². The summed E-state index contributed by atoms with van der Waals surface area (Å²) in [6.45, 7) is 1.35. The summed E-state index contributed by atoms with van der Waals surface area (Å²) >= 11 is 0. The van der Waals surface area contributed by atoms with Gasteiger partial charge in [-0.1, -0.05) is 6.07 Å². The van der Waals surface area contributed by atoms with Crippen molar-refractivity contribution in [2.75, 3.05) is 44.8 Å². The van der Waals surface area contributed by atoms with Gasteiger partial charge in [0.15, 0.2) is 0 Å². The highest BCUT2D eigenvalue weighted by Crippen LogP contribution is 2.18. The fourth-order valence-corrected chi connectivity index (χ4v) is 1.32. The maximum Gasteiger partial charge on any atom is 0.0690 e. The van der Waals surface area contributed by atoms with Crippen LogP contribution in [0.2, 0.25) is 0 Å². The minimum absolute atomic E-state index is 0.637. The summed E-state index contributed by atoms with van der Waals surface area (Å²) in [5.74, 6) is 0. The summed E-state index contributed by atoms with van der Waals surface area (Å²) in [5.41, 5.74) is 2.08. The lowest BCUT2D eigenvalue weighted by Gasteiger charge is -2.21. The largest absolute Gasteiger partial charge is 0.388 e. The minimum Gasteiger partial charge on any atom is -0.388 e. The molecule has 1 rings (SSSR count). The van der Waals surface area contributed by atoms with E-state index in [9.17, 15) is 0 Å². The molecule has 1 aromatic rings. The Morgan fingerprint density at radius 1 is 1.33 bits per heavy atom. The van der Waals surface area contributed by atoms with Gasteiger partial charge in [-0.2, -0.15) is 0 Å². The summed E-state index contributed by atoms with van der Waals surface area (Å²) < 4.78 is 5.01. The van der Waals surface area contributed by atoms with E-state index in [0.29, 0.717) is 13.2 Å². The number of nitrogens with zero attached hydrogens (tertiary/aromatic N) is 1. The van der Waals surface area contributed by atoms with E-state index in [2.05, 4.69) is 5.32 Å². The number of methoxy groups -OCH3 is 1. The molecule has 1 aromatic carbocycles. The normalized spacial score (nSPS) is 10.1. The highest BCUT2D eigenvalue weighted by molar-refractivity contribution is 5.56. The van der Waals surface area contributed by atoms with Crippen molar-refractivity contribution in [3.63, 3.8) is 0 Å². The first-order valence-corrected chi connectivity index (χ1v) is 4.90. The number of ether oxygens (including phenoxy) is 1. The Morgan fingerprint density at radius 2 is 2.13 bits per heavy atom. The molecule has 0 aliphatic rings. The minimum atomic E-state index is 0.637. The van der Waals surface area contributed by atoms with Crippen molar-refractivity contribution in [1.82, 2.24) is 0 Å². The van der Waals surface area contributed by atoms with Crippen molar-refractivity contribution < 1.29 is 9.57 Å². The van der Waals surface area contributed by atoms with Crippen molar-refractivity contribution >= 4 is 11.4 Å². The molecule has 0 aromatic heterocycles. The standard InChI is InChI=1S/C11H18N2O2/c1-12-10-5-4-6-11(9-10)13(15-3)7-8-14-2/h4-6,9,12H,7-8H2,1-3H3. The maximum atomic E-state index is 5.26. The summed E-state index contributed by atoms with van der Waals surface area (Å²) in [6, 6.07) is 8.02. The van der Waals surface area contributed by atoms with Gasteiger partial charge in [0.2, 0.25) is 0 Å². The lowest BCUT2D eigenvalue weighted by atomic mass is 10.2. The molecule has 0 aliphatic heterocycles. The van der Waals surface area contributed by atoms with Crippen LogP contribution in [0.1, 0.15) is 0 Å². The van der Waals surface area contributed by atoms with Gasteiger partial charge in [-0.05, 0) is 18.2 Å². The molecule has 0 heterocycles. The Bertz CT molecular complexity index is 292. The zero-order chi connectivity index (χ0) is 11.1. The Kier molecular flexibility index (Phi) is 4.93. The van der Waals surface area contributed by atoms with Crippen molar-refractivity contribution in [2.24, 2.45) is 0 Å². The first-order chi connectivity index (χ1) is 7.31. The smallest absolute Gasteiger partial charge is 0.0690 e. The molecule has 0 saturated carbocycles. The zero-order valence-electron chi connectivity index (χ0n) is 9.49. The van der Waals surface area contributed by atoms with Crippen LogP contribution in [0.4, 0.5) is 11.4 Å². The number of hydroxylamine groups is 1. The van der Waals surface area contributed by atoms with E-state index in [1.807, 2.05) is 31.3 Å². The highest BCUT2D eigenvalue weighted by atomic mass is 16.7. The molecule has 0 radical (unpaired) electrons. The fourth-order valence-electron chi connectivity index (χ4n) is 1.32. The molecule has 0 aliphatic carbocycles. The Morgan fingerprint density at radius 3 is 2.73 bits per heavy atom. The van der Waals surface area contributed by atoms with Gasteiger partial charge in [-0.15, -0.1) is 0 Å². The van der Waals surface area contributed by atoms with E-state index < -0.39 is 0 Å². The molecular weight excluding hydrogens is 192 g/mol. The lowest BCUT2D eigenvalue weighted by molar-refractivity contribution is 0.129. The molecule has 15 heavy (non-hydrogen) atoms. The summed E-state index contributed by atoms with van der Waals surface area (Å²) in [4.78, 5) is 5.26. The van der Waals surface area contributed by atoms with E-state index in [-0.39, 0.29) is 0 Å². The van der Waals surface area contributed by atoms with Gasteiger partial charge in [-0.3, -0.25) is 9.90 Å². The van der Waals surface area contributed by atoms with E-state index >= 15 is 0 Å². The number of nitrogens with one attached hydrogen (secondary N) is 1. The average Bonchev–Trinajstić information content (AvgIpc) is 2.30. The molecule has 4 nitrogen and oxygen atoms in total. The van der Waals surface area contributed by atoms with Gasteiger partial charge in [0.25, 0.3) is 0 Å². The zero-order valence-corrected chi connectivity index (χ0v) is 9.49. The Labute approximate surface area is 90.7 Å². The molecule has 0 saturated heterocycles. The predicted octanol–water partition coefficient (Wildman–Crippen LogP) is 1.74. The molecule has 0 unspecified atom stereocenters. The summed E-state index contributed by atoms with van der Waals surface area (Å²) in [6.07, 6.45) is 0. The second-order valence-electron chi connectivity index (χ2n) is 3.08. The second kappa shape index (κ2) is 6.27. The third kappa shape index (κ3) is 3.42. The van der Waals surface area contributed by atoms with Crippen LogP contribution in [-0.4, -0.2) is 34.4 Å². The molecule has 0 atom stereocenters. The van der Waals surface area contributed by atoms with Crippen molar-refractivity contribution in [1.29, 1.82) is 0 Å². The fraction of sp³-hybridized carbons (Fsp3) is 0.455. The molecule has 4 heteroatoms. The number of rotatable bonds is 6. The van der Waals surface area contributed by atoms with Crippen LogP contribution in [0, 0.1) is 0 Å². The van der Waals surface area contributed by atoms with E-state index in [1.165, 1.54) is 0 Å². The first-order valence-electron chi connectivity index (χ1n) is 4.90. The van der Waals surface area contributed by atoms with Gasteiger partial charge in [0.05, 0.1) is 25.9 Å². The lowest BCUT2D eigenvalue weighted by Crippen LogP contribution is -2.25. The Balaban J connectivity index is 2.72. The number of hydrogen-bond acceptors (Lipinski definition) is 4. The second-order valence-corrected chi connectivity index (χ2v) is 3.08. The van der Waals surface area contributed by atoms with E-state index in [1.54, 1.807) is 19.3 Å². The molecule has 0 amide bonds. The SMILES string of the molecule is CNc1cccc(N(CCOC)OC)c1. The highest BCUT2D eigenvalue weighted by Gasteiger charge is 2.05. The van der Waals surface area contributed by atoms with E-state index in [4.69, 9.17) is 9.57 Å². The van der Waals surface area contributed by atoms with Crippen LogP contribution in [0.5, 0.6) is 0 Å². The predicted molar refractivity (Wildman–Crippen MR) is 62.2 cm³/mol. The third-order valence-corrected chi connectivity index (χ3v) is 2.14. The quantitative estimate of drug-likeness (QED) is 0.725. The van der Waals surface area contributed by atoms with Gasteiger partial charge >= 0.3 is 0 Å². The summed E-state index contributed by atoms with van der Waals surface area (Å²) in [5, 5.41) is 4.88. The summed E-state index contributed by atoms with van der Waals surface area (Å²) in [7, 11) is 5.23. The maximum absolute atomic E-state index is 5.26. The number of hydrogen-bond donors (Lipinski definition) is 1. The number of anilines is 2. The molecule has 84 valence electrons. The van der Waals surface area contributed by atoms with Crippen LogP contribution >= 0.6 is 0 Å². The van der Waals surface area contributed by atoms with Gasteiger partial charge in [0.1, 0.15) is 0 Å². The van der Waals surface area contributed by atoms with E-state index in [0.717, 1.165) is 11.4 Å². The monoisotopic (exact) mass is 210 g/mol. The number of benzene rings is 1.